The number of anilines is 3. The molecule has 0 atom stereocenters. The predicted molar refractivity (Wildman–Crippen MR) is 197 cm³/mol. The van der Waals surface area contributed by atoms with Gasteiger partial charge in [-0.3, -0.25) is 19.2 Å². The highest BCUT2D eigenvalue weighted by Gasteiger charge is 2.22. The molecule has 250 valence electrons. The van der Waals surface area contributed by atoms with E-state index in [0.29, 0.717) is 48.6 Å². The fourth-order valence-electron chi connectivity index (χ4n) is 4.68. The molecule has 0 fully saturated rings. The summed E-state index contributed by atoms with van der Waals surface area (Å²) in [5.74, 6) is -1.15. The maximum absolute atomic E-state index is 13.5. The Labute approximate surface area is 297 Å². The summed E-state index contributed by atoms with van der Waals surface area (Å²) in [6, 6.07) is 33.6. The molecule has 0 saturated carbocycles. The summed E-state index contributed by atoms with van der Waals surface area (Å²) in [6.07, 6.45) is 1.56. The lowest BCUT2D eigenvalue weighted by molar-refractivity contribution is -0.114. The minimum Gasteiger partial charge on any atom is -0.497 e. The highest BCUT2D eigenvalue weighted by atomic mass is 32.2. The van der Waals surface area contributed by atoms with Crippen molar-refractivity contribution in [1.82, 2.24) is 5.32 Å². The van der Waals surface area contributed by atoms with E-state index < -0.39 is 11.8 Å². The van der Waals surface area contributed by atoms with Gasteiger partial charge in [0.1, 0.15) is 22.5 Å². The van der Waals surface area contributed by atoms with Crippen LogP contribution in [-0.4, -0.2) is 36.5 Å². The molecule has 0 aliphatic rings. The van der Waals surface area contributed by atoms with Crippen LogP contribution in [0.15, 0.2) is 120 Å². The zero-order valence-electron chi connectivity index (χ0n) is 27.0. The van der Waals surface area contributed by atoms with Crippen molar-refractivity contribution in [2.45, 2.75) is 11.8 Å². The minimum atomic E-state index is -0.554. The van der Waals surface area contributed by atoms with Gasteiger partial charge in [0.25, 0.3) is 17.7 Å². The van der Waals surface area contributed by atoms with Crippen molar-refractivity contribution in [3.8, 4) is 11.8 Å². The summed E-state index contributed by atoms with van der Waals surface area (Å²) >= 11 is 2.27. The van der Waals surface area contributed by atoms with Crippen LogP contribution in [0.3, 0.4) is 0 Å². The van der Waals surface area contributed by atoms with Gasteiger partial charge >= 0.3 is 0 Å². The second-order valence-corrected chi connectivity index (χ2v) is 12.7. The van der Waals surface area contributed by atoms with Crippen molar-refractivity contribution in [2.24, 2.45) is 0 Å². The molecule has 0 saturated heterocycles. The first-order valence-electron chi connectivity index (χ1n) is 15.2. The maximum atomic E-state index is 13.5. The number of hydrogen-bond donors (Lipinski definition) is 4. The van der Waals surface area contributed by atoms with Crippen molar-refractivity contribution in [3.05, 3.63) is 142 Å². The number of carbonyl (C=O) groups is 4. The molecule has 0 radical (unpaired) electrons. The summed E-state index contributed by atoms with van der Waals surface area (Å²) in [7, 11) is 1.54. The summed E-state index contributed by atoms with van der Waals surface area (Å²) in [4.78, 5) is 53.4. The van der Waals surface area contributed by atoms with Crippen LogP contribution < -0.4 is 26.0 Å². The van der Waals surface area contributed by atoms with Gasteiger partial charge < -0.3 is 26.0 Å². The molecule has 12 heteroatoms. The van der Waals surface area contributed by atoms with Crippen LogP contribution in [-0.2, 0) is 9.59 Å². The van der Waals surface area contributed by atoms with Gasteiger partial charge in [0.05, 0.1) is 23.3 Å². The van der Waals surface area contributed by atoms with Gasteiger partial charge in [0.2, 0.25) is 5.91 Å². The van der Waals surface area contributed by atoms with E-state index in [2.05, 4.69) is 27.3 Å². The van der Waals surface area contributed by atoms with Gasteiger partial charge in [-0.1, -0.05) is 54.6 Å². The molecule has 4 aromatic carbocycles. The van der Waals surface area contributed by atoms with E-state index in [4.69, 9.17) is 4.74 Å². The third-order valence-electron chi connectivity index (χ3n) is 7.14. The molecule has 50 heavy (non-hydrogen) atoms. The Balaban J connectivity index is 1.25. The molecule has 0 aliphatic carbocycles. The van der Waals surface area contributed by atoms with Crippen molar-refractivity contribution in [2.75, 3.05) is 28.8 Å². The first kappa shape index (κ1) is 35.2. The van der Waals surface area contributed by atoms with Gasteiger partial charge in [-0.25, -0.2) is 0 Å². The van der Waals surface area contributed by atoms with E-state index in [1.54, 1.807) is 123 Å². The van der Waals surface area contributed by atoms with Gasteiger partial charge in [-0.05, 0) is 78.7 Å². The number of methoxy groups -OCH3 is 1. The third-order valence-corrected chi connectivity index (χ3v) is 9.34. The number of rotatable bonds is 12. The van der Waals surface area contributed by atoms with Crippen LogP contribution in [0.5, 0.6) is 5.75 Å². The number of nitriles is 1. The zero-order chi connectivity index (χ0) is 35.5. The van der Waals surface area contributed by atoms with E-state index in [9.17, 15) is 24.4 Å². The largest absolute Gasteiger partial charge is 0.497 e. The van der Waals surface area contributed by atoms with Crippen LogP contribution in [0, 0.1) is 18.3 Å². The molecule has 0 unspecified atom stereocenters. The Kier molecular flexibility index (Phi) is 11.8. The van der Waals surface area contributed by atoms with Gasteiger partial charge in [0, 0.05) is 21.8 Å². The summed E-state index contributed by atoms with van der Waals surface area (Å²) in [5, 5.41) is 21.2. The van der Waals surface area contributed by atoms with Crippen LogP contribution >= 0.6 is 23.1 Å². The van der Waals surface area contributed by atoms with E-state index in [-0.39, 0.29) is 28.8 Å². The average Bonchev–Trinajstić information content (AvgIpc) is 3.45. The summed E-state index contributed by atoms with van der Waals surface area (Å²) in [5.41, 5.74) is 2.82. The van der Waals surface area contributed by atoms with Crippen molar-refractivity contribution < 1.29 is 23.9 Å². The number of ether oxygens (including phenoxy) is 1. The quantitative estimate of drug-likeness (QED) is 0.0786. The standard InChI is InChI=1S/C38H31N5O5S2/c1-24-31(22-39)38(50-34(24)37(47)40-27-14-7-4-8-15-27)43-33(44)23-49-30-18-10-16-28(21-30)41-36(46)32(20-25-11-9-17-29(19-25)48-2)42-35(45)26-12-5-3-6-13-26/h3-21H,23H2,1-2H3,(H,40,47)(H,41,46)(H,42,45)(H,43,44)/b32-20-. The van der Waals surface area contributed by atoms with E-state index in [0.717, 1.165) is 11.3 Å². The lowest BCUT2D eigenvalue weighted by Crippen LogP contribution is -2.30. The van der Waals surface area contributed by atoms with Crippen LogP contribution in [0.4, 0.5) is 16.4 Å². The SMILES string of the molecule is COc1cccc(/C=C(\NC(=O)c2ccccc2)C(=O)Nc2cccc(SCC(=O)Nc3sc(C(=O)Nc4ccccc4)c(C)c3C#N)c2)c1. The molecule has 5 rings (SSSR count). The van der Waals surface area contributed by atoms with E-state index in [1.807, 2.05) is 6.07 Å². The predicted octanol–water partition coefficient (Wildman–Crippen LogP) is 7.33. The van der Waals surface area contributed by atoms with Crippen molar-refractivity contribution in [3.63, 3.8) is 0 Å². The first-order valence-corrected chi connectivity index (χ1v) is 17.0. The minimum absolute atomic E-state index is 0.00110. The fourth-order valence-corrected chi connectivity index (χ4v) is 6.50. The van der Waals surface area contributed by atoms with Crippen molar-refractivity contribution in [1.29, 1.82) is 5.26 Å². The summed E-state index contributed by atoms with van der Waals surface area (Å²) in [6.45, 7) is 1.67. The lowest BCUT2D eigenvalue weighted by atomic mass is 10.1. The Morgan fingerprint density at radius 3 is 2.24 bits per heavy atom. The van der Waals surface area contributed by atoms with Gasteiger partial charge in [-0.15, -0.1) is 23.1 Å². The van der Waals surface area contributed by atoms with Crippen LogP contribution in [0.1, 0.15) is 36.7 Å². The Bertz CT molecular complexity index is 2110. The first-order chi connectivity index (χ1) is 24.2. The van der Waals surface area contributed by atoms with Crippen LogP contribution in [0.2, 0.25) is 0 Å². The Morgan fingerprint density at radius 1 is 0.820 bits per heavy atom. The van der Waals surface area contributed by atoms with Gasteiger partial charge in [-0.2, -0.15) is 5.26 Å². The number of thiophene rings is 1. The molecular formula is C38H31N5O5S2. The highest BCUT2D eigenvalue weighted by molar-refractivity contribution is 8.00. The molecule has 0 bridgehead atoms. The van der Waals surface area contributed by atoms with E-state index in [1.165, 1.54) is 11.8 Å². The highest BCUT2D eigenvalue weighted by Crippen LogP contribution is 2.33. The number of amides is 4. The number of hydrogen-bond acceptors (Lipinski definition) is 8. The second-order valence-electron chi connectivity index (χ2n) is 10.7. The summed E-state index contributed by atoms with van der Waals surface area (Å²) < 4.78 is 5.30. The molecule has 4 N–H and O–H groups in total. The third kappa shape index (κ3) is 9.25. The molecular weight excluding hydrogens is 671 g/mol. The number of thioether (sulfide) groups is 1. The zero-order valence-corrected chi connectivity index (χ0v) is 28.6. The normalized spacial score (nSPS) is 10.8. The fraction of sp³-hybridized carbons (Fsp3) is 0.0789. The average molecular weight is 702 g/mol. The smallest absolute Gasteiger partial charge is 0.272 e. The number of para-hydroxylation sites is 1. The van der Waals surface area contributed by atoms with Crippen LogP contribution in [0.25, 0.3) is 6.08 Å². The van der Waals surface area contributed by atoms with Crippen molar-refractivity contribution >= 4 is 69.2 Å². The Morgan fingerprint density at radius 2 is 1.52 bits per heavy atom. The van der Waals surface area contributed by atoms with E-state index >= 15 is 0 Å². The molecule has 1 heterocycles. The molecule has 0 aliphatic heterocycles. The number of nitrogens with zero attached hydrogens (tertiary/aromatic N) is 1. The van der Waals surface area contributed by atoms with Gasteiger partial charge in [0.15, 0.2) is 0 Å². The number of benzene rings is 4. The number of carbonyl (C=O) groups excluding carboxylic acids is 4. The monoisotopic (exact) mass is 701 g/mol. The molecule has 5 aromatic rings. The number of nitrogens with one attached hydrogen (secondary N) is 4. The lowest BCUT2D eigenvalue weighted by Gasteiger charge is -2.12. The molecule has 1 aromatic heterocycles. The molecule has 10 nitrogen and oxygen atoms in total. The molecule has 4 amide bonds. The maximum Gasteiger partial charge on any atom is 0.272 e. The molecule has 0 spiro atoms. The second kappa shape index (κ2) is 16.8. The Hall–Kier alpha value is -6.16. The topological polar surface area (TPSA) is 149 Å².